The second-order valence-corrected chi connectivity index (χ2v) is 9.33. The van der Waals surface area contributed by atoms with Gasteiger partial charge in [-0.05, 0) is 65.5 Å². The van der Waals surface area contributed by atoms with Crippen molar-refractivity contribution in [3.8, 4) is 0 Å². The molecular formula is C24H26F3IN2O2. The van der Waals surface area contributed by atoms with Crippen LogP contribution in [0.25, 0.3) is 0 Å². The molecule has 1 saturated heterocycles. The van der Waals surface area contributed by atoms with Gasteiger partial charge in [-0.1, -0.05) is 19.9 Å². The van der Waals surface area contributed by atoms with Gasteiger partial charge in [0.15, 0.2) is 11.6 Å². The summed E-state index contributed by atoms with van der Waals surface area (Å²) in [5.74, 6) is -2.99. The van der Waals surface area contributed by atoms with E-state index in [4.69, 9.17) is 0 Å². The van der Waals surface area contributed by atoms with Crippen LogP contribution in [0.2, 0.25) is 0 Å². The number of amides is 1. The number of Topliss-reactive ketones (excluding diaryl/α,β-unsaturated/α-hetero) is 1. The maximum absolute atomic E-state index is 14.6. The van der Waals surface area contributed by atoms with Gasteiger partial charge in [0.25, 0.3) is 5.91 Å². The average Bonchev–Trinajstić information content (AvgIpc) is 2.73. The molecule has 1 fully saturated rings. The number of likely N-dealkylation sites (N-methyl/N-ethyl adjacent to an activating group) is 1. The first-order chi connectivity index (χ1) is 15.2. The summed E-state index contributed by atoms with van der Waals surface area (Å²) in [6.45, 7) is 6.78. The van der Waals surface area contributed by atoms with Gasteiger partial charge in [-0.3, -0.25) is 14.5 Å². The van der Waals surface area contributed by atoms with E-state index in [-0.39, 0.29) is 34.8 Å². The quantitative estimate of drug-likeness (QED) is 0.421. The van der Waals surface area contributed by atoms with Gasteiger partial charge < -0.3 is 4.90 Å². The first-order valence-electron chi connectivity index (χ1n) is 10.7. The predicted octanol–water partition coefficient (Wildman–Crippen LogP) is 4.67. The number of nitrogens with zero attached hydrogens (tertiary/aromatic N) is 2. The standard InChI is InChI=1S/C24H26F3IN2O2/c1-3-29(4-2)14-18(31)9-15-12-30(13-15)24(32)19-7-8-21(25)23(27)20(19)10-16-5-6-17(28)11-22(16)26/h5-8,11,15H,3-4,9-10,12-14H2,1-2H3. The number of hydrogen-bond acceptors (Lipinski definition) is 3. The van der Waals surface area contributed by atoms with E-state index < -0.39 is 23.4 Å². The van der Waals surface area contributed by atoms with Gasteiger partial charge in [-0.15, -0.1) is 0 Å². The Kier molecular flexibility index (Phi) is 8.32. The fourth-order valence-electron chi connectivity index (χ4n) is 3.94. The molecule has 0 aromatic heterocycles. The molecule has 1 heterocycles. The normalized spacial score (nSPS) is 14.0. The molecule has 0 atom stereocenters. The Morgan fingerprint density at radius 2 is 1.75 bits per heavy atom. The molecule has 0 saturated carbocycles. The van der Waals surface area contributed by atoms with E-state index >= 15 is 0 Å². The first-order valence-corrected chi connectivity index (χ1v) is 11.7. The zero-order valence-electron chi connectivity index (χ0n) is 18.1. The topological polar surface area (TPSA) is 40.6 Å². The van der Waals surface area contributed by atoms with E-state index in [1.165, 1.54) is 23.1 Å². The van der Waals surface area contributed by atoms with Crippen LogP contribution in [-0.4, -0.2) is 54.2 Å². The molecular weight excluding hydrogens is 532 g/mol. The molecule has 0 unspecified atom stereocenters. The maximum atomic E-state index is 14.6. The van der Waals surface area contributed by atoms with Crippen LogP contribution in [0.4, 0.5) is 13.2 Å². The maximum Gasteiger partial charge on any atom is 0.254 e. The smallest absolute Gasteiger partial charge is 0.254 e. The summed E-state index contributed by atoms with van der Waals surface area (Å²) in [4.78, 5) is 28.8. The average molecular weight is 558 g/mol. The molecule has 1 aliphatic rings. The van der Waals surface area contributed by atoms with Gasteiger partial charge in [0, 0.05) is 46.5 Å². The molecule has 8 heteroatoms. The Morgan fingerprint density at radius 1 is 1.06 bits per heavy atom. The highest BCUT2D eigenvalue weighted by molar-refractivity contribution is 14.1. The van der Waals surface area contributed by atoms with E-state index in [1.54, 1.807) is 6.07 Å². The summed E-state index contributed by atoms with van der Waals surface area (Å²) in [5.41, 5.74) is 0.0541. The summed E-state index contributed by atoms with van der Waals surface area (Å²) in [6.07, 6.45) is 0.159. The van der Waals surface area contributed by atoms with Gasteiger partial charge in [-0.2, -0.15) is 0 Å². The lowest BCUT2D eigenvalue weighted by Gasteiger charge is -2.39. The highest BCUT2D eigenvalue weighted by Crippen LogP contribution is 2.27. The lowest BCUT2D eigenvalue weighted by atomic mass is 9.91. The Hall–Kier alpha value is -1.94. The van der Waals surface area contributed by atoms with Crippen molar-refractivity contribution < 1.29 is 22.8 Å². The van der Waals surface area contributed by atoms with Crippen molar-refractivity contribution in [2.24, 2.45) is 5.92 Å². The van der Waals surface area contributed by atoms with E-state index in [2.05, 4.69) is 0 Å². The third-order valence-corrected chi connectivity index (χ3v) is 6.53. The molecule has 172 valence electrons. The van der Waals surface area contributed by atoms with Crippen LogP contribution in [0.15, 0.2) is 30.3 Å². The molecule has 0 N–H and O–H groups in total. The number of hydrogen-bond donors (Lipinski definition) is 0. The zero-order valence-corrected chi connectivity index (χ0v) is 20.3. The second-order valence-electron chi connectivity index (χ2n) is 8.08. The van der Waals surface area contributed by atoms with E-state index in [9.17, 15) is 22.8 Å². The van der Waals surface area contributed by atoms with Gasteiger partial charge in [0.2, 0.25) is 0 Å². The number of benzene rings is 2. The number of carbonyl (C=O) groups excluding carboxylic acids is 2. The lowest BCUT2D eigenvalue weighted by molar-refractivity contribution is -0.122. The molecule has 1 aliphatic heterocycles. The van der Waals surface area contributed by atoms with Crippen LogP contribution in [0, 0.1) is 26.9 Å². The Balaban J connectivity index is 1.70. The largest absolute Gasteiger partial charge is 0.338 e. The summed E-state index contributed by atoms with van der Waals surface area (Å²) < 4.78 is 43.5. The Bertz CT molecular complexity index is 1000. The molecule has 2 aromatic rings. The highest BCUT2D eigenvalue weighted by atomic mass is 127. The molecule has 0 bridgehead atoms. The highest BCUT2D eigenvalue weighted by Gasteiger charge is 2.34. The minimum Gasteiger partial charge on any atom is -0.338 e. The minimum atomic E-state index is -1.14. The summed E-state index contributed by atoms with van der Waals surface area (Å²) in [6, 6.07) is 6.66. The summed E-state index contributed by atoms with van der Waals surface area (Å²) in [5, 5.41) is 0. The van der Waals surface area contributed by atoms with Crippen molar-refractivity contribution in [1.29, 1.82) is 0 Å². The number of likely N-dealkylation sites (tertiary alicyclic amines) is 1. The van der Waals surface area contributed by atoms with Gasteiger partial charge in [-0.25, -0.2) is 13.2 Å². The van der Waals surface area contributed by atoms with E-state index in [1.807, 2.05) is 41.3 Å². The van der Waals surface area contributed by atoms with Crippen molar-refractivity contribution in [3.05, 3.63) is 68.0 Å². The van der Waals surface area contributed by atoms with Crippen LogP contribution in [-0.2, 0) is 11.2 Å². The third-order valence-electron chi connectivity index (χ3n) is 5.86. The summed E-state index contributed by atoms with van der Waals surface area (Å²) in [7, 11) is 0. The minimum absolute atomic E-state index is 0.0229. The molecule has 3 rings (SSSR count). The van der Waals surface area contributed by atoms with Gasteiger partial charge in [0.1, 0.15) is 11.6 Å². The molecule has 1 amide bonds. The molecule has 0 spiro atoms. The SMILES string of the molecule is CCN(CC)CC(=O)CC1CN(C(=O)c2ccc(F)c(F)c2Cc2ccc(I)cc2F)C1. The van der Waals surface area contributed by atoms with Gasteiger partial charge >= 0.3 is 0 Å². The van der Waals surface area contributed by atoms with E-state index in [0.29, 0.717) is 29.6 Å². The molecule has 0 radical (unpaired) electrons. The summed E-state index contributed by atoms with van der Waals surface area (Å²) >= 11 is 1.96. The van der Waals surface area contributed by atoms with Crippen molar-refractivity contribution in [2.75, 3.05) is 32.7 Å². The predicted molar refractivity (Wildman–Crippen MR) is 125 cm³/mol. The van der Waals surface area contributed by atoms with Crippen LogP contribution in [0.5, 0.6) is 0 Å². The van der Waals surface area contributed by atoms with Crippen LogP contribution in [0.1, 0.15) is 41.8 Å². The number of rotatable bonds is 9. The van der Waals surface area contributed by atoms with Crippen LogP contribution >= 0.6 is 22.6 Å². The number of carbonyl (C=O) groups is 2. The zero-order chi connectivity index (χ0) is 23.4. The fraction of sp³-hybridized carbons (Fsp3) is 0.417. The number of halogens is 4. The molecule has 4 nitrogen and oxygen atoms in total. The molecule has 32 heavy (non-hydrogen) atoms. The van der Waals surface area contributed by atoms with Crippen LogP contribution in [0.3, 0.4) is 0 Å². The first kappa shape index (κ1) is 24.7. The fourth-order valence-corrected chi connectivity index (χ4v) is 4.39. The molecule has 2 aromatic carbocycles. The number of ketones is 1. The van der Waals surface area contributed by atoms with Crippen molar-refractivity contribution >= 4 is 34.3 Å². The molecule has 0 aliphatic carbocycles. The third kappa shape index (κ3) is 5.70. The van der Waals surface area contributed by atoms with Crippen molar-refractivity contribution in [3.63, 3.8) is 0 Å². The van der Waals surface area contributed by atoms with Crippen molar-refractivity contribution in [2.45, 2.75) is 26.7 Å². The van der Waals surface area contributed by atoms with Crippen molar-refractivity contribution in [1.82, 2.24) is 9.80 Å². The second kappa shape index (κ2) is 10.8. The Labute approximate surface area is 199 Å². The lowest BCUT2D eigenvalue weighted by Crippen LogP contribution is -2.51. The van der Waals surface area contributed by atoms with Gasteiger partial charge in [0.05, 0.1) is 6.54 Å². The Morgan fingerprint density at radius 3 is 2.38 bits per heavy atom. The monoisotopic (exact) mass is 558 g/mol. The van der Waals surface area contributed by atoms with Crippen LogP contribution < -0.4 is 0 Å². The van der Waals surface area contributed by atoms with E-state index in [0.717, 1.165) is 19.2 Å².